The molecular weight excluding hydrogens is 306 g/mol. The predicted octanol–water partition coefficient (Wildman–Crippen LogP) is 2.12. The van der Waals surface area contributed by atoms with E-state index in [0.717, 1.165) is 45.4 Å². The van der Waals surface area contributed by atoms with E-state index in [2.05, 4.69) is 5.32 Å². The van der Waals surface area contributed by atoms with E-state index in [9.17, 15) is 4.79 Å². The summed E-state index contributed by atoms with van der Waals surface area (Å²) < 4.78 is 11.5. The normalized spacial score (nSPS) is 29.2. The predicted molar refractivity (Wildman–Crippen MR) is 94.9 cm³/mol. The van der Waals surface area contributed by atoms with Crippen LogP contribution in [-0.2, 0) is 9.47 Å². The molecule has 140 valence electrons. The molecule has 24 heavy (non-hydrogen) atoms. The third-order valence-electron chi connectivity index (χ3n) is 4.86. The molecule has 2 heterocycles. The molecule has 2 aliphatic heterocycles. The summed E-state index contributed by atoms with van der Waals surface area (Å²) in [7, 11) is 0. The average Bonchev–Trinajstić information content (AvgIpc) is 2.42. The zero-order valence-corrected chi connectivity index (χ0v) is 15.9. The fourth-order valence-corrected chi connectivity index (χ4v) is 3.75. The van der Waals surface area contributed by atoms with Crippen LogP contribution < -0.4 is 11.1 Å². The van der Waals surface area contributed by atoms with Crippen molar-refractivity contribution in [3.8, 4) is 0 Å². The first-order chi connectivity index (χ1) is 11.3. The second-order valence-electron chi connectivity index (χ2n) is 8.20. The smallest absolute Gasteiger partial charge is 0.410 e. The lowest BCUT2D eigenvalue weighted by molar-refractivity contribution is -0.170. The number of nitrogens with one attached hydrogen (secondary N) is 1. The highest BCUT2D eigenvalue weighted by Crippen LogP contribution is 2.50. The van der Waals surface area contributed by atoms with E-state index in [-0.39, 0.29) is 23.7 Å². The number of nitrogens with zero attached hydrogens (tertiary/aromatic N) is 1. The Hall–Kier alpha value is -0.850. The average molecular weight is 341 g/mol. The van der Waals surface area contributed by atoms with Gasteiger partial charge in [0, 0.05) is 31.1 Å². The highest BCUT2D eigenvalue weighted by atomic mass is 16.6. The minimum Gasteiger partial charge on any atom is -0.444 e. The summed E-state index contributed by atoms with van der Waals surface area (Å²) in [6.07, 6.45) is 3.39. The van der Waals surface area contributed by atoms with Crippen molar-refractivity contribution in [2.45, 2.75) is 77.7 Å². The Bertz CT molecular complexity index is 422. The molecule has 6 nitrogen and oxygen atoms in total. The minimum atomic E-state index is -0.420. The summed E-state index contributed by atoms with van der Waals surface area (Å²) in [6.45, 7) is 13.1. The first-order valence-electron chi connectivity index (χ1n) is 9.36. The van der Waals surface area contributed by atoms with Crippen LogP contribution in [0.3, 0.4) is 0 Å². The summed E-state index contributed by atoms with van der Waals surface area (Å²) >= 11 is 0. The summed E-state index contributed by atoms with van der Waals surface area (Å²) in [6, 6.07) is 0.102. The number of piperidine rings is 1. The van der Waals surface area contributed by atoms with Crippen LogP contribution in [-0.4, -0.2) is 61.0 Å². The Labute approximate surface area is 146 Å². The van der Waals surface area contributed by atoms with Gasteiger partial charge in [-0.05, 0) is 46.6 Å². The Morgan fingerprint density at radius 3 is 2.42 bits per heavy atom. The molecule has 0 bridgehead atoms. The van der Waals surface area contributed by atoms with Gasteiger partial charge in [0.05, 0.1) is 12.2 Å². The number of hydrogen-bond donors (Lipinski definition) is 2. The molecule has 3 fully saturated rings. The molecule has 2 saturated heterocycles. The van der Waals surface area contributed by atoms with Crippen LogP contribution in [0.25, 0.3) is 0 Å². The fraction of sp³-hybridized carbons (Fsp3) is 0.944. The maximum atomic E-state index is 12.0. The summed E-state index contributed by atoms with van der Waals surface area (Å²) in [4.78, 5) is 13.8. The van der Waals surface area contributed by atoms with Crippen LogP contribution in [0.1, 0.15) is 53.9 Å². The molecule has 3 aliphatic rings. The summed E-state index contributed by atoms with van der Waals surface area (Å²) in [5.74, 6) is 0. The van der Waals surface area contributed by atoms with Crippen LogP contribution in [0.2, 0.25) is 0 Å². The molecule has 2 atom stereocenters. The van der Waals surface area contributed by atoms with E-state index in [1.165, 1.54) is 0 Å². The molecule has 0 radical (unpaired) electrons. The van der Waals surface area contributed by atoms with Gasteiger partial charge >= 0.3 is 6.09 Å². The molecule has 3 rings (SSSR count). The molecule has 0 aromatic carbocycles. The van der Waals surface area contributed by atoms with Gasteiger partial charge in [0.15, 0.2) is 0 Å². The number of likely N-dealkylation sites (tertiary alicyclic amines) is 1. The van der Waals surface area contributed by atoms with Crippen molar-refractivity contribution >= 4 is 6.09 Å². The first-order valence-corrected chi connectivity index (χ1v) is 9.36. The van der Waals surface area contributed by atoms with Crippen LogP contribution >= 0.6 is 0 Å². The van der Waals surface area contributed by atoms with E-state index < -0.39 is 5.60 Å². The van der Waals surface area contributed by atoms with Crippen molar-refractivity contribution in [3.05, 3.63) is 0 Å². The monoisotopic (exact) mass is 341 g/mol. The van der Waals surface area contributed by atoms with Gasteiger partial charge in [-0.1, -0.05) is 13.8 Å². The summed E-state index contributed by atoms with van der Waals surface area (Å²) in [5, 5.41) is 3.29. The number of rotatable bonds is 2. The quantitative estimate of drug-likeness (QED) is 0.804. The van der Waals surface area contributed by atoms with Crippen LogP contribution in [0.4, 0.5) is 4.79 Å². The first kappa shape index (κ1) is 19.5. The lowest BCUT2D eigenvalue weighted by Gasteiger charge is -2.58. The van der Waals surface area contributed by atoms with E-state index in [0.29, 0.717) is 6.10 Å². The van der Waals surface area contributed by atoms with Crippen molar-refractivity contribution in [1.29, 1.82) is 0 Å². The highest BCUT2D eigenvalue weighted by molar-refractivity contribution is 5.69. The van der Waals surface area contributed by atoms with E-state index >= 15 is 0 Å². The lowest BCUT2D eigenvalue weighted by Crippen LogP contribution is -2.66. The molecule has 6 heteroatoms. The summed E-state index contributed by atoms with van der Waals surface area (Å²) in [5.41, 5.74) is 5.94. The molecule has 3 N–H and O–H groups in total. The largest absolute Gasteiger partial charge is 0.444 e. The molecular formula is C18H35N3O3. The van der Waals surface area contributed by atoms with Crippen molar-refractivity contribution in [2.24, 2.45) is 11.1 Å². The van der Waals surface area contributed by atoms with Gasteiger partial charge in [0.2, 0.25) is 0 Å². The zero-order chi connectivity index (χ0) is 18.0. The number of amides is 1. The second-order valence-corrected chi connectivity index (χ2v) is 8.20. The second kappa shape index (κ2) is 7.58. The zero-order valence-electron chi connectivity index (χ0n) is 15.9. The minimum absolute atomic E-state index is 0.102. The number of nitrogens with two attached hydrogens (primary N) is 1. The third-order valence-corrected chi connectivity index (χ3v) is 4.86. The fourth-order valence-electron chi connectivity index (χ4n) is 3.75. The van der Waals surface area contributed by atoms with Gasteiger partial charge < -0.3 is 25.4 Å². The number of hydrogen-bond acceptors (Lipinski definition) is 5. The van der Waals surface area contributed by atoms with Crippen molar-refractivity contribution in [2.75, 3.05) is 26.2 Å². The van der Waals surface area contributed by atoms with Crippen molar-refractivity contribution in [3.63, 3.8) is 0 Å². The number of ether oxygens (including phenoxy) is 2. The maximum absolute atomic E-state index is 12.0. The van der Waals surface area contributed by atoms with Gasteiger partial charge in [-0.3, -0.25) is 0 Å². The SMILES string of the molecule is CC.CC(C)(C)OC(=O)N1CC2(CC(OC3CCNCC3N)C2)C1. The molecule has 1 aliphatic carbocycles. The van der Waals surface area contributed by atoms with Gasteiger partial charge in [0.1, 0.15) is 5.60 Å². The van der Waals surface area contributed by atoms with E-state index in [4.69, 9.17) is 15.2 Å². The van der Waals surface area contributed by atoms with Crippen LogP contribution in [0.5, 0.6) is 0 Å². The molecule has 1 saturated carbocycles. The Morgan fingerprint density at radius 2 is 1.88 bits per heavy atom. The Morgan fingerprint density at radius 1 is 1.25 bits per heavy atom. The van der Waals surface area contributed by atoms with Crippen LogP contribution in [0, 0.1) is 5.41 Å². The number of carbonyl (C=O) groups is 1. The molecule has 2 unspecified atom stereocenters. The van der Waals surface area contributed by atoms with Crippen molar-refractivity contribution < 1.29 is 14.3 Å². The third kappa shape index (κ3) is 4.61. The number of carbonyl (C=O) groups excluding carboxylic acids is 1. The van der Waals surface area contributed by atoms with E-state index in [1.54, 1.807) is 4.90 Å². The van der Waals surface area contributed by atoms with Gasteiger partial charge in [0.25, 0.3) is 0 Å². The maximum Gasteiger partial charge on any atom is 0.410 e. The molecule has 0 aromatic heterocycles. The van der Waals surface area contributed by atoms with Gasteiger partial charge in [-0.2, -0.15) is 0 Å². The topological polar surface area (TPSA) is 76.8 Å². The molecule has 0 aromatic rings. The van der Waals surface area contributed by atoms with Gasteiger partial charge in [-0.25, -0.2) is 4.79 Å². The Balaban J connectivity index is 0.00000100. The standard InChI is InChI=1S/C16H29N3O3.C2H6/c1-15(2,3)22-14(20)19-9-16(10-19)6-11(7-16)21-13-4-5-18-8-12(13)17;1-2/h11-13,18H,4-10,17H2,1-3H3;1-2H3. The van der Waals surface area contributed by atoms with Gasteiger partial charge in [-0.15, -0.1) is 0 Å². The molecule has 1 amide bonds. The van der Waals surface area contributed by atoms with Crippen LogP contribution in [0.15, 0.2) is 0 Å². The lowest BCUT2D eigenvalue weighted by atomic mass is 9.62. The Kier molecular flexibility index (Phi) is 6.15. The van der Waals surface area contributed by atoms with Crippen molar-refractivity contribution in [1.82, 2.24) is 10.2 Å². The highest BCUT2D eigenvalue weighted by Gasteiger charge is 2.55. The molecule has 1 spiro atoms. The van der Waals surface area contributed by atoms with E-state index in [1.807, 2.05) is 34.6 Å².